The van der Waals surface area contributed by atoms with E-state index in [1.807, 2.05) is 12.1 Å². The van der Waals surface area contributed by atoms with E-state index in [1.54, 1.807) is 6.26 Å². The maximum Gasteiger partial charge on any atom is 0.120 e. The molecule has 3 rings (SSSR count). The molecule has 1 heterocycles. The summed E-state index contributed by atoms with van der Waals surface area (Å²) in [6, 6.07) is 5.11. The molecule has 0 aliphatic heterocycles. The normalized spacial score (nSPS) is 36.8. The van der Waals surface area contributed by atoms with E-state index in [0.29, 0.717) is 6.04 Å². The molecule has 2 aliphatic rings. The van der Waals surface area contributed by atoms with E-state index in [-0.39, 0.29) is 0 Å². The average molecular weight is 191 g/mol. The molecule has 0 amide bonds. The van der Waals surface area contributed by atoms with Crippen molar-refractivity contribution in [1.82, 2.24) is 5.32 Å². The van der Waals surface area contributed by atoms with Gasteiger partial charge in [-0.25, -0.2) is 0 Å². The van der Waals surface area contributed by atoms with E-state index in [0.717, 1.165) is 23.6 Å². The highest BCUT2D eigenvalue weighted by atomic mass is 16.3. The minimum atomic E-state index is 0.368. The lowest BCUT2D eigenvalue weighted by atomic mass is 10.1. The molecule has 2 nitrogen and oxygen atoms in total. The molecule has 0 radical (unpaired) electrons. The number of fused-ring (bicyclic) bond motifs is 1. The molecule has 2 heteroatoms. The summed E-state index contributed by atoms with van der Waals surface area (Å²) >= 11 is 0. The first kappa shape index (κ1) is 8.54. The topological polar surface area (TPSA) is 25.2 Å². The zero-order valence-electron chi connectivity index (χ0n) is 8.57. The van der Waals surface area contributed by atoms with Crippen LogP contribution < -0.4 is 5.32 Å². The largest absolute Gasteiger partial charge is 0.468 e. The average Bonchev–Trinajstić information content (AvgIpc) is 2.69. The minimum absolute atomic E-state index is 0.368. The van der Waals surface area contributed by atoms with Crippen LogP contribution in [0, 0.1) is 11.8 Å². The zero-order chi connectivity index (χ0) is 9.54. The highest BCUT2D eigenvalue weighted by molar-refractivity contribution is 5.05. The van der Waals surface area contributed by atoms with Gasteiger partial charge in [0.1, 0.15) is 5.76 Å². The van der Waals surface area contributed by atoms with E-state index < -0.39 is 0 Å². The van der Waals surface area contributed by atoms with Crippen LogP contribution in [0.25, 0.3) is 0 Å². The van der Waals surface area contributed by atoms with Crippen molar-refractivity contribution in [3.63, 3.8) is 0 Å². The van der Waals surface area contributed by atoms with Crippen LogP contribution in [0.5, 0.6) is 0 Å². The summed E-state index contributed by atoms with van der Waals surface area (Å²) in [5.74, 6) is 3.16. The van der Waals surface area contributed by atoms with Gasteiger partial charge in [0.05, 0.1) is 12.3 Å². The summed E-state index contributed by atoms with van der Waals surface area (Å²) in [5.41, 5.74) is 0. The smallest absolute Gasteiger partial charge is 0.120 e. The van der Waals surface area contributed by atoms with E-state index in [4.69, 9.17) is 4.42 Å². The van der Waals surface area contributed by atoms with Crippen LogP contribution in [0.1, 0.15) is 38.0 Å². The van der Waals surface area contributed by atoms with Gasteiger partial charge in [0.15, 0.2) is 0 Å². The molecule has 0 saturated heterocycles. The fourth-order valence-electron chi connectivity index (χ4n) is 2.82. The van der Waals surface area contributed by atoms with Crippen molar-refractivity contribution in [3.8, 4) is 0 Å². The second-order valence-corrected chi connectivity index (χ2v) is 4.83. The van der Waals surface area contributed by atoms with E-state index in [1.165, 1.54) is 19.3 Å². The van der Waals surface area contributed by atoms with Gasteiger partial charge < -0.3 is 9.73 Å². The van der Waals surface area contributed by atoms with Crippen LogP contribution in [-0.2, 0) is 0 Å². The fourth-order valence-corrected chi connectivity index (χ4v) is 2.82. The maximum absolute atomic E-state index is 5.38. The first-order valence-corrected chi connectivity index (χ1v) is 5.62. The molecule has 1 N–H and O–H groups in total. The van der Waals surface area contributed by atoms with Crippen molar-refractivity contribution >= 4 is 0 Å². The second kappa shape index (κ2) is 3.13. The molecule has 2 saturated carbocycles. The van der Waals surface area contributed by atoms with Gasteiger partial charge in [-0.15, -0.1) is 0 Å². The fraction of sp³-hybridized carbons (Fsp3) is 0.667. The quantitative estimate of drug-likeness (QED) is 0.794. The van der Waals surface area contributed by atoms with E-state index in [2.05, 4.69) is 12.2 Å². The Morgan fingerprint density at radius 1 is 1.36 bits per heavy atom. The summed E-state index contributed by atoms with van der Waals surface area (Å²) < 4.78 is 5.38. The predicted molar refractivity (Wildman–Crippen MR) is 54.9 cm³/mol. The van der Waals surface area contributed by atoms with Gasteiger partial charge in [-0.3, -0.25) is 0 Å². The van der Waals surface area contributed by atoms with Crippen LogP contribution in [0.2, 0.25) is 0 Å². The molecule has 3 atom stereocenters. The SMILES string of the molecule is CC(NC1CC2CC2C1)c1ccco1. The maximum atomic E-state index is 5.38. The van der Waals surface area contributed by atoms with Crippen LogP contribution in [0.15, 0.2) is 22.8 Å². The molecular weight excluding hydrogens is 174 g/mol. The van der Waals surface area contributed by atoms with Crippen LogP contribution in [0.4, 0.5) is 0 Å². The Balaban J connectivity index is 1.57. The lowest BCUT2D eigenvalue weighted by molar-refractivity contribution is 0.376. The Hall–Kier alpha value is -0.760. The number of rotatable bonds is 3. The molecule has 2 aliphatic carbocycles. The molecule has 76 valence electrons. The molecule has 0 spiro atoms. The Bertz CT molecular complexity index is 296. The Morgan fingerprint density at radius 3 is 2.79 bits per heavy atom. The standard InChI is InChI=1S/C12H17NO/c1-8(12-3-2-4-14-12)13-11-6-9-5-10(9)7-11/h2-4,8-11,13H,5-7H2,1H3. The number of nitrogens with one attached hydrogen (secondary N) is 1. The second-order valence-electron chi connectivity index (χ2n) is 4.83. The Morgan fingerprint density at radius 2 is 2.14 bits per heavy atom. The van der Waals surface area contributed by atoms with Crippen molar-refractivity contribution in [1.29, 1.82) is 0 Å². The summed E-state index contributed by atoms with van der Waals surface area (Å²) in [7, 11) is 0. The van der Waals surface area contributed by atoms with Gasteiger partial charge in [-0.05, 0) is 50.2 Å². The third kappa shape index (κ3) is 1.48. The molecule has 1 aromatic heterocycles. The molecule has 0 bridgehead atoms. The summed E-state index contributed by atoms with van der Waals surface area (Å²) in [4.78, 5) is 0. The Labute approximate surface area is 84.7 Å². The van der Waals surface area contributed by atoms with Gasteiger partial charge in [0.2, 0.25) is 0 Å². The minimum Gasteiger partial charge on any atom is -0.468 e. The number of furan rings is 1. The molecule has 0 aromatic carbocycles. The van der Waals surface area contributed by atoms with Gasteiger partial charge in [-0.1, -0.05) is 0 Å². The van der Waals surface area contributed by atoms with E-state index in [9.17, 15) is 0 Å². The van der Waals surface area contributed by atoms with Crippen LogP contribution in [0.3, 0.4) is 0 Å². The van der Waals surface area contributed by atoms with Crippen LogP contribution >= 0.6 is 0 Å². The Kier molecular flexibility index (Phi) is 1.91. The first-order chi connectivity index (χ1) is 6.83. The monoisotopic (exact) mass is 191 g/mol. The molecule has 1 aromatic rings. The zero-order valence-corrected chi connectivity index (χ0v) is 8.57. The highest BCUT2D eigenvalue weighted by Crippen LogP contribution is 2.51. The molecular formula is C12H17NO. The van der Waals surface area contributed by atoms with Gasteiger partial charge in [0, 0.05) is 6.04 Å². The van der Waals surface area contributed by atoms with Crippen molar-refractivity contribution in [3.05, 3.63) is 24.2 Å². The van der Waals surface area contributed by atoms with Crippen LogP contribution in [-0.4, -0.2) is 6.04 Å². The van der Waals surface area contributed by atoms with Crippen molar-refractivity contribution < 1.29 is 4.42 Å². The molecule has 2 fully saturated rings. The van der Waals surface area contributed by atoms with Crippen molar-refractivity contribution in [2.45, 2.75) is 38.3 Å². The lowest BCUT2D eigenvalue weighted by Gasteiger charge is -2.18. The summed E-state index contributed by atoms with van der Waals surface area (Å²) in [6.45, 7) is 2.18. The van der Waals surface area contributed by atoms with Gasteiger partial charge in [0.25, 0.3) is 0 Å². The van der Waals surface area contributed by atoms with Crippen molar-refractivity contribution in [2.24, 2.45) is 11.8 Å². The van der Waals surface area contributed by atoms with Gasteiger partial charge >= 0.3 is 0 Å². The third-order valence-electron chi connectivity index (χ3n) is 3.70. The van der Waals surface area contributed by atoms with Gasteiger partial charge in [-0.2, -0.15) is 0 Å². The highest BCUT2D eigenvalue weighted by Gasteiger charge is 2.45. The predicted octanol–water partition coefficient (Wildman–Crippen LogP) is 2.73. The van der Waals surface area contributed by atoms with E-state index >= 15 is 0 Å². The summed E-state index contributed by atoms with van der Waals surface area (Å²) in [5, 5.41) is 3.65. The van der Waals surface area contributed by atoms with Crippen molar-refractivity contribution in [2.75, 3.05) is 0 Å². The first-order valence-electron chi connectivity index (χ1n) is 5.62. The molecule has 3 unspecified atom stereocenters. The third-order valence-corrected chi connectivity index (χ3v) is 3.70. The molecule has 14 heavy (non-hydrogen) atoms. The lowest BCUT2D eigenvalue weighted by Crippen LogP contribution is -2.29. The number of hydrogen-bond donors (Lipinski definition) is 1. The summed E-state index contributed by atoms with van der Waals surface area (Å²) in [6.07, 6.45) is 6.01. The number of hydrogen-bond acceptors (Lipinski definition) is 2.